The van der Waals surface area contributed by atoms with Gasteiger partial charge in [-0.1, -0.05) is 18.2 Å². The first-order chi connectivity index (χ1) is 7.58. The molecule has 0 aromatic carbocycles. The minimum Gasteiger partial charge on any atom is -0.349 e. The molecule has 0 amide bonds. The molecule has 0 spiro atoms. The first kappa shape index (κ1) is 10.9. The molecule has 2 aromatic heterocycles. The van der Waals surface area contributed by atoms with Gasteiger partial charge in [0.1, 0.15) is 5.15 Å². The van der Waals surface area contributed by atoms with Gasteiger partial charge in [0.15, 0.2) is 5.82 Å². The first-order valence-corrected chi connectivity index (χ1v) is 5.28. The van der Waals surface area contributed by atoms with Crippen LogP contribution in [-0.4, -0.2) is 14.5 Å². The van der Waals surface area contributed by atoms with E-state index in [9.17, 15) is 0 Å². The summed E-state index contributed by atoms with van der Waals surface area (Å²) in [7, 11) is 1.96. The molecule has 0 saturated heterocycles. The molecule has 2 heterocycles. The lowest BCUT2D eigenvalue weighted by Gasteiger charge is -2.05. The van der Waals surface area contributed by atoms with Gasteiger partial charge in [0.2, 0.25) is 0 Å². The molecule has 0 atom stereocenters. The summed E-state index contributed by atoms with van der Waals surface area (Å²) in [5.74, 6) is 0.587. The highest BCUT2D eigenvalue weighted by atomic mass is 35.5. The molecule has 0 bridgehead atoms. The van der Waals surface area contributed by atoms with E-state index in [0.29, 0.717) is 11.0 Å². The van der Waals surface area contributed by atoms with Crippen molar-refractivity contribution >= 4 is 17.2 Å². The Labute approximate surface area is 99.4 Å². The van der Waals surface area contributed by atoms with Gasteiger partial charge < -0.3 is 4.57 Å². The van der Waals surface area contributed by atoms with Crippen LogP contribution in [0.3, 0.4) is 0 Å². The topological polar surface area (TPSA) is 30.7 Å². The molecule has 0 aliphatic rings. The predicted octanol–water partition coefficient (Wildman–Crippen LogP) is 3.17. The van der Waals surface area contributed by atoms with Gasteiger partial charge in [-0.05, 0) is 24.6 Å². The van der Waals surface area contributed by atoms with Crippen LogP contribution in [0.5, 0.6) is 0 Å². The molecule has 0 radical (unpaired) electrons. The van der Waals surface area contributed by atoms with E-state index in [-0.39, 0.29) is 0 Å². The summed E-state index contributed by atoms with van der Waals surface area (Å²) in [6, 6.07) is 5.70. The number of allylic oxidation sites excluding steroid dienone is 1. The van der Waals surface area contributed by atoms with Crippen LogP contribution in [0.15, 0.2) is 31.0 Å². The molecule has 0 saturated carbocycles. The fourth-order valence-electron chi connectivity index (χ4n) is 1.47. The molecule has 0 N–H and O–H groups in total. The fourth-order valence-corrected chi connectivity index (χ4v) is 1.65. The van der Waals surface area contributed by atoms with Crippen molar-refractivity contribution in [2.45, 2.75) is 6.92 Å². The van der Waals surface area contributed by atoms with E-state index in [4.69, 9.17) is 11.6 Å². The van der Waals surface area contributed by atoms with Crippen molar-refractivity contribution in [1.29, 1.82) is 0 Å². The number of hydrogen-bond donors (Lipinski definition) is 0. The Hall–Kier alpha value is -1.61. The smallest absolute Gasteiger partial charge is 0.156 e. The molecular weight excluding hydrogens is 222 g/mol. The molecule has 2 aromatic rings. The van der Waals surface area contributed by atoms with E-state index >= 15 is 0 Å². The summed E-state index contributed by atoms with van der Waals surface area (Å²) in [6.07, 6.45) is 1.96. The van der Waals surface area contributed by atoms with Gasteiger partial charge in [-0.3, -0.25) is 0 Å². The Morgan fingerprint density at radius 2 is 2.19 bits per heavy atom. The van der Waals surface area contributed by atoms with E-state index in [2.05, 4.69) is 16.5 Å². The zero-order valence-corrected chi connectivity index (χ0v) is 9.99. The SMILES string of the molecule is C=C(C)c1nc(Cl)cc(-c2cccn2C)n1. The number of aryl methyl sites for hydroxylation is 1. The van der Waals surface area contributed by atoms with Crippen molar-refractivity contribution in [3.05, 3.63) is 42.0 Å². The van der Waals surface area contributed by atoms with Crippen LogP contribution >= 0.6 is 11.6 Å². The second-order valence-corrected chi connectivity index (χ2v) is 4.07. The summed E-state index contributed by atoms with van der Waals surface area (Å²) in [5.41, 5.74) is 2.62. The van der Waals surface area contributed by atoms with E-state index in [1.54, 1.807) is 6.07 Å². The Morgan fingerprint density at radius 3 is 2.75 bits per heavy atom. The maximum absolute atomic E-state index is 5.96. The molecule has 0 unspecified atom stereocenters. The fraction of sp³-hybridized carbons (Fsp3) is 0.167. The number of aromatic nitrogens is 3. The third-order valence-corrected chi connectivity index (χ3v) is 2.48. The molecule has 3 nitrogen and oxygen atoms in total. The standard InChI is InChI=1S/C12H12ClN3/c1-8(2)12-14-9(7-11(13)15-12)10-5-4-6-16(10)3/h4-7H,1H2,2-3H3. The van der Waals surface area contributed by atoms with Crippen molar-refractivity contribution in [3.8, 4) is 11.4 Å². The Kier molecular flexibility index (Phi) is 2.79. The minimum absolute atomic E-state index is 0.434. The molecule has 0 aliphatic heterocycles. The third-order valence-electron chi connectivity index (χ3n) is 2.28. The molecular formula is C12H12ClN3. The highest BCUT2D eigenvalue weighted by molar-refractivity contribution is 6.29. The summed E-state index contributed by atoms with van der Waals surface area (Å²) in [4.78, 5) is 8.54. The molecule has 16 heavy (non-hydrogen) atoms. The molecule has 82 valence electrons. The molecule has 0 fully saturated rings. The van der Waals surface area contributed by atoms with Gasteiger partial charge in [-0.15, -0.1) is 0 Å². The second kappa shape index (κ2) is 4.10. The van der Waals surface area contributed by atoms with Gasteiger partial charge in [-0.2, -0.15) is 0 Å². The number of nitrogens with zero attached hydrogens (tertiary/aromatic N) is 3. The molecule has 2 rings (SSSR count). The minimum atomic E-state index is 0.434. The van der Waals surface area contributed by atoms with E-state index < -0.39 is 0 Å². The van der Waals surface area contributed by atoms with Crippen LogP contribution in [0.1, 0.15) is 12.7 Å². The molecule has 0 aliphatic carbocycles. The summed E-state index contributed by atoms with van der Waals surface area (Å²) >= 11 is 5.96. The zero-order valence-electron chi connectivity index (χ0n) is 9.24. The summed E-state index contributed by atoms with van der Waals surface area (Å²) in [5, 5.41) is 0.434. The number of rotatable bonds is 2. The highest BCUT2D eigenvalue weighted by Crippen LogP contribution is 2.21. The van der Waals surface area contributed by atoms with Gasteiger partial charge in [0, 0.05) is 19.3 Å². The van der Waals surface area contributed by atoms with Gasteiger partial charge in [0.25, 0.3) is 0 Å². The van der Waals surface area contributed by atoms with E-state index in [1.165, 1.54) is 0 Å². The van der Waals surface area contributed by atoms with Crippen LogP contribution in [0.2, 0.25) is 5.15 Å². The summed E-state index contributed by atoms with van der Waals surface area (Å²) in [6.45, 7) is 5.68. The lowest BCUT2D eigenvalue weighted by molar-refractivity contribution is 0.927. The monoisotopic (exact) mass is 233 g/mol. The van der Waals surface area contributed by atoms with Crippen molar-refractivity contribution in [2.24, 2.45) is 7.05 Å². The largest absolute Gasteiger partial charge is 0.349 e. The van der Waals surface area contributed by atoms with Crippen LogP contribution < -0.4 is 0 Å². The Balaban J connectivity index is 2.58. The quantitative estimate of drug-likeness (QED) is 0.746. The van der Waals surface area contributed by atoms with Crippen molar-refractivity contribution in [3.63, 3.8) is 0 Å². The predicted molar refractivity (Wildman–Crippen MR) is 66.2 cm³/mol. The Morgan fingerprint density at radius 1 is 1.44 bits per heavy atom. The van der Waals surface area contributed by atoms with Crippen molar-refractivity contribution < 1.29 is 0 Å². The van der Waals surface area contributed by atoms with E-state index in [1.807, 2.05) is 36.9 Å². The Bertz CT molecular complexity index is 543. The summed E-state index contributed by atoms with van der Waals surface area (Å²) < 4.78 is 1.99. The third kappa shape index (κ3) is 1.99. The van der Waals surface area contributed by atoms with Gasteiger partial charge in [0.05, 0.1) is 11.4 Å². The van der Waals surface area contributed by atoms with Gasteiger partial charge >= 0.3 is 0 Å². The number of hydrogen-bond acceptors (Lipinski definition) is 2. The van der Waals surface area contributed by atoms with Crippen LogP contribution in [0.4, 0.5) is 0 Å². The van der Waals surface area contributed by atoms with Crippen molar-refractivity contribution in [2.75, 3.05) is 0 Å². The lowest BCUT2D eigenvalue weighted by Crippen LogP contribution is -1.97. The highest BCUT2D eigenvalue weighted by Gasteiger charge is 2.08. The zero-order chi connectivity index (χ0) is 11.7. The average molecular weight is 234 g/mol. The molecule has 4 heteroatoms. The lowest BCUT2D eigenvalue weighted by atomic mass is 10.2. The maximum atomic E-state index is 5.96. The second-order valence-electron chi connectivity index (χ2n) is 3.68. The van der Waals surface area contributed by atoms with Crippen LogP contribution in [-0.2, 0) is 7.05 Å². The number of halogens is 1. The van der Waals surface area contributed by atoms with Gasteiger partial charge in [-0.25, -0.2) is 9.97 Å². The van der Waals surface area contributed by atoms with E-state index in [0.717, 1.165) is 17.0 Å². The first-order valence-electron chi connectivity index (χ1n) is 4.90. The maximum Gasteiger partial charge on any atom is 0.156 e. The van der Waals surface area contributed by atoms with Crippen LogP contribution in [0.25, 0.3) is 17.0 Å². The average Bonchev–Trinajstić information content (AvgIpc) is 2.63. The van der Waals surface area contributed by atoms with Crippen molar-refractivity contribution in [1.82, 2.24) is 14.5 Å². The van der Waals surface area contributed by atoms with Crippen LogP contribution in [0, 0.1) is 0 Å². The normalized spacial score (nSPS) is 10.4.